The van der Waals surface area contributed by atoms with Crippen LogP contribution in [0.1, 0.15) is 51.9 Å². The predicted molar refractivity (Wildman–Crippen MR) is 74.8 cm³/mol. The molecule has 4 nitrogen and oxygen atoms in total. The van der Waals surface area contributed by atoms with Gasteiger partial charge in [0.05, 0.1) is 7.11 Å². The molecule has 1 atom stereocenters. The van der Waals surface area contributed by atoms with Gasteiger partial charge in [-0.3, -0.25) is 4.79 Å². The molecule has 0 unspecified atom stereocenters. The van der Waals surface area contributed by atoms with Crippen LogP contribution in [0.5, 0.6) is 0 Å². The highest BCUT2D eigenvalue weighted by molar-refractivity contribution is 5.84. The Bertz CT molecular complexity index is 383. The molecule has 0 aromatic carbocycles. The van der Waals surface area contributed by atoms with Crippen LogP contribution in [-0.2, 0) is 14.3 Å². The summed E-state index contributed by atoms with van der Waals surface area (Å²) in [6, 6.07) is -0.540. The minimum absolute atomic E-state index is 0.0184. The summed E-state index contributed by atoms with van der Waals surface area (Å²) in [6.45, 7) is 1.68. The van der Waals surface area contributed by atoms with Gasteiger partial charge >= 0.3 is 5.97 Å². The summed E-state index contributed by atoms with van der Waals surface area (Å²) in [5.41, 5.74) is 0.231. The molecule has 0 radical (unpaired) electrons. The van der Waals surface area contributed by atoms with Gasteiger partial charge in [0.25, 0.3) is 0 Å². The first-order chi connectivity index (χ1) is 9.49. The van der Waals surface area contributed by atoms with Crippen LogP contribution in [0.3, 0.4) is 0 Å². The predicted octanol–water partition coefficient (Wildman–Crippen LogP) is 2.27. The smallest absolute Gasteiger partial charge is 0.328 e. The molecule has 1 N–H and O–H groups in total. The fourth-order valence-electron chi connectivity index (χ4n) is 5.38. The Kier molecular flexibility index (Phi) is 3.51. The van der Waals surface area contributed by atoms with Gasteiger partial charge in [-0.25, -0.2) is 4.79 Å². The first kappa shape index (κ1) is 13.9. The average Bonchev–Trinajstić information content (AvgIpc) is 2.34. The molecule has 4 aliphatic rings. The van der Waals surface area contributed by atoms with E-state index in [1.165, 1.54) is 45.6 Å². The highest BCUT2D eigenvalue weighted by Gasteiger charge is 2.51. The molecule has 4 aliphatic carbocycles. The Morgan fingerprint density at radius 3 is 2.10 bits per heavy atom. The van der Waals surface area contributed by atoms with Crippen LogP contribution in [0.2, 0.25) is 0 Å². The van der Waals surface area contributed by atoms with Crippen LogP contribution >= 0.6 is 0 Å². The molecule has 4 fully saturated rings. The van der Waals surface area contributed by atoms with E-state index in [1.54, 1.807) is 6.92 Å². The van der Waals surface area contributed by atoms with Gasteiger partial charge in [0.2, 0.25) is 5.91 Å². The van der Waals surface area contributed by atoms with Crippen LogP contribution in [-0.4, -0.2) is 25.0 Å². The number of carbonyl (C=O) groups excluding carboxylic acids is 2. The molecule has 0 aromatic rings. The van der Waals surface area contributed by atoms with E-state index in [4.69, 9.17) is 0 Å². The molecule has 4 heteroatoms. The fourth-order valence-corrected chi connectivity index (χ4v) is 5.38. The molecule has 0 spiro atoms. The van der Waals surface area contributed by atoms with Crippen LogP contribution in [0.15, 0.2) is 0 Å². The lowest BCUT2D eigenvalue weighted by molar-refractivity contribution is -0.145. The Morgan fingerprint density at radius 2 is 1.65 bits per heavy atom. The molecule has 4 saturated carbocycles. The number of hydrogen-bond donors (Lipinski definition) is 1. The number of hydrogen-bond acceptors (Lipinski definition) is 3. The monoisotopic (exact) mass is 279 g/mol. The summed E-state index contributed by atoms with van der Waals surface area (Å²) in [6.07, 6.45) is 8.42. The van der Waals surface area contributed by atoms with Gasteiger partial charge in [-0.05, 0) is 68.6 Å². The third-order valence-corrected chi connectivity index (χ3v) is 5.63. The van der Waals surface area contributed by atoms with E-state index >= 15 is 0 Å². The van der Waals surface area contributed by atoms with E-state index in [-0.39, 0.29) is 17.3 Å². The largest absolute Gasteiger partial charge is 0.467 e. The van der Waals surface area contributed by atoms with Gasteiger partial charge < -0.3 is 10.1 Å². The number of rotatable bonds is 4. The zero-order valence-corrected chi connectivity index (χ0v) is 12.5. The molecule has 4 rings (SSSR count). The molecule has 0 saturated heterocycles. The molecule has 112 valence electrons. The Morgan fingerprint density at radius 1 is 1.15 bits per heavy atom. The summed E-state index contributed by atoms with van der Waals surface area (Å²) in [4.78, 5) is 23.6. The van der Waals surface area contributed by atoms with E-state index < -0.39 is 6.04 Å². The van der Waals surface area contributed by atoms with Crippen molar-refractivity contribution in [1.82, 2.24) is 5.32 Å². The SMILES string of the molecule is COC(=O)[C@@H](C)NC(=O)CC12CC3CC(CC(C3)C1)C2. The van der Waals surface area contributed by atoms with E-state index in [1.807, 2.05) is 0 Å². The van der Waals surface area contributed by atoms with Crippen molar-refractivity contribution < 1.29 is 14.3 Å². The minimum Gasteiger partial charge on any atom is -0.467 e. The van der Waals surface area contributed by atoms with Gasteiger partial charge in [0, 0.05) is 6.42 Å². The fraction of sp³-hybridized carbons (Fsp3) is 0.875. The lowest BCUT2D eigenvalue weighted by Gasteiger charge is -2.56. The number of nitrogens with one attached hydrogen (secondary N) is 1. The minimum atomic E-state index is -0.540. The molecule has 0 aromatic heterocycles. The highest BCUT2D eigenvalue weighted by Crippen LogP contribution is 2.61. The third kappa shape index (κ3) is 2.57. The Labute approximate surface area is 120 Å². The number of esters is 1. The molecule has 4 bridgehead atoms. The number of methoxy groups -OCH3 is 1. The van der Waals surface area contributed by atoms with Gasteiger partial charge in [-0.1, -0.05) is 0 Å². The maximum atomic E-state index is 12.2. The van der Waals surface area contributed by atoms with Crippen molar-refractivity contribution in [3.63, 3.8) is 0 Å². The Balaban J connectivity index is 1.60. The van der Waals surface area contributed by atoms with Crippen molar-refractivity contribution in [2.75, 3.05) is 7.11 Å². The molecule has 1 amide bonds. The first-order valence-corrected chi connectivity index (χ1v) is 7.87. The first-order valence-electron chi connectivity index (χ1n) is 7.87. The zero-order chi connectivity index (χ0) is 14.3. The Hall–Kier alpha value is -1.06. The van der Waals surface area contributed by atoms with Crippen molar-refractivity contribution in [2.24, 2.45) is 23.2 Å². The summed E-state index contributed by atoms with van der Waals surface area (Å²) in [5.74, 6) is 2.21. The topological polar surface area (TPSA) is 55.4 Å². The molecule has 0 aliphatic heterocycles. The summed E-state index contributed by atoms with van der Waals surface area (Å²) in [7, 11) is 1.35. The van der Waals surface area contributed by atoms with E-state index in [9.17, 15) is 9.59 Å². The van der Waals surface area contributed by atoms with Crippen LogP contribution in [0, 0.1) is 23.2 Å². The maximum Gasteiger partial charge on any atom is 0.328 e. The van der Waals surface area contributed by atoms with Crippen molar-refractivity contribution in [1.29, 1.82) is 0 Å². The van der Waals surface area contributed by atoms with Crippen LogP contribution in [0.4, 0.5) is 0 Å². The normalized spacial score (nSPS) is 39.4. The summed E-state index contributed by atoms with van der Waals surface area (Å²) >= 11 is 0. The van der Waals surface area contributed by atoms with Gasteiger partial charge in [-0.15, -0.1) is 0 Å². The summed E-state index contributed by atoms with van der Waals surface area (Å²) in [5, 5.41) is 2.79. The zero-order valence-electron chi connectivity index (χ0n) is 12.5. The number of ether oxygens (including phenoxy) is 1. The molecule has 0 heterocycles. The highest BCUT2D eigenvalue weighted by atomic mass is 16.5. The second-order valence-electron chi connectivity index (χ2n) is 7.41. The van der Waals surface area contributed by atoms with Gasteiger partial charge in [0.15, 0.2) is 0 Å². The van der Waals surface area contributed by atoms with Crippen molar-refractivity contribution >= 4 is 11.9 Å². The van der Waals surface area contributed by atoms with Crippen molar-refractivity contribution in [3.8, 4) is 0 Å². The van der Waals surface area contributed by atoms with Crippen LogP contribution in [0.25, 0.3) is 0 Å². The number of amides is 1. The summed E-state index contributed by atoms with van der Waals surface area (Å²) < 4.78 is 4.65. The maximum absolute atomic E-state index is 12.2. The van der Waals surface area contributed by atoms with E-state index in [2.05, 4.69) is 10.1 Å². The van der Waals surface area contributed by atoms with Crippen LogP contribution < -0.4 is 5.32 Å². The lowest BCUT2D eigenvalue weighted by Crippen LogP contribution is -2.49. The second kappa shape index (κ2) is 5.05. The van der Waals surface area contributed by atoms with Gasteiger partial charge in [-0.2, -0.15) is 0 Å². The van der Waals surface area contributed by atoms with E-state index in [0.29, 0.717) is 6.42 Å². The molecular formula is C16H25NO3. The second-order valence-corrected chi connectivity index (χ2v) is 7.41. The van der Waals surface area contributed by atoms with Crippen molar-refractivity contribution in [2.45, 2.75) is 57.9 Å². The third-order valence-electron chi connectivity index (χ3n) is 5.63. The molecule has 20 heavy (non-hydrogen) atoms. The standard InChI is InChI=1S/C16H25NO3/c1-10(15(19)20-2)17-14(18)9-16-6-11-3-12(7-16)5-13(4-11)8-16/h10-13H,3-9H2,1-2H3,(H,17,18)/t10-,11?,12?,13?,16?/m1/s1. The molecular weight excluding hydrogens is 254 g/mol. The quantitative estimate of drug-likeness (QED) is 0.803. The van der Waals surface area contributed by atoms with E-state index in [0.717, 1.165) is 17.8 Å². The van der Waals surface area contributed by atoms with Gasteiger partial charge in [0.1, 0.15) is 6.04 Å². The average molecular weight is 279 g/mol. The lowest BCUT2D eigenvalue weighted by atomic mass is 9.49. The number of carbonyl (C=O) groups is 2. The van der Waals surface area contributed by atoms with Crippen molar-refractivity contribution in [3.05, 3.63) is 0 Å².